The standard InChI is InChI=1S/C11H12N4O4S/c1-14(7-2-3-7)11-12-9-5-4-8(15(16)17)6-10(9)20(18,19)13-11/h4-7H,2-3H2,1H3,(H,12,13). The van der Waals surface area contributed by atoms with Gasteiger partial charge >= 0.3 is 0 Å². The van der Waals surface area contributed by atoms with E-state index in [9.17, 15) is 18.5 Å². The fraction of sp³-hybridized carbons (Fsp3) is 0.364. The Hall–Kier alpha value is -2.16. The van der Waals surface area contributed by atoms with Crippen LogP contribution in [0.3, 0.4) is 0 Å². The molecule has 1 saturated carbocycles. The summed E-state index contributed by atoms with van der Waals surface area (Å²) in [4.78, 5) is 11.7. The van der Waals surface area contributed by atoms with Gasteiger partial charge in [0.1, 0.15) is 4.90 Å². The summed E-state index contributed by atoms with van der Waals surface area (Å²) in [5.74, 6) is 0.258. The van der Waals surface area contributed by atoms with Gasteiger partial charge in [-0.1, -0.05) is 0 Å². The topological polar surface area (TPSA) is 105 Å². The van der Waals surface area contributed by atoms with Crippen molar-refractivity contribution in [3.05, 3.63) is 28.3 Å². The summed E-state index contributed by atoms with van der Waals surface area (Å²) in [6.45, 7) is 0. The summed E-state index contributed by atoms with van der Waals surface area (Å²) in [6.07, 6.45) is 2.01. The van der Waals surface area contributed by atoms with Crippen LogP contribution in [0.1, 0.15) is 12.8 Å². The third-order valence-corrected chi connectivity index (χ3v) is 4.64. The lowest BCUT2D eigenvalue weighted by Gasteiger charge is -2.25. The number of non-ortho nitro benzene ring substituents is 1. The number of anilines is 1. The van der Waals surface area contributed by atoms with Gasteiger partial charge in [-0.05, 0) is 18.9 Å². The number of fused-ring (bicyclic) bond motifs is 1. The van der Waals surface area contributed by atoms with E-state index < -0.39 is 14.9 Å². The van der Waals surface area contributed by atoms with Crippen molar-refractivity contribution in [2.75, 3.05) is 12.4 Å². The van der Waals surface area contributed by atoms with Crippen LogP contribution in [0.25, 0.3) is 0 Å². The van der Waals surface area contributed by atoms with Gasteiger partial charge in [-0.2, -0.15) is 8.42 Å². The SMILES string of the molecule is CN(C1=NS(=O)(=O)c2cc([N+](=O)[O-])ccc2N1)C1CC1. The Bertz CT molecular complexity index is 724. The second-order valence-electron chi connectivity index (χ2n) is 4.79. The van der Waals surface area contributed by atoms with E-state index in [-0.39, 0.29) is 16.5 Å². The second kappa shape index (κ2) is 4.17. The number of benzene rings is 1. The Morgan fingerprint density at radius 2 is 2.15 bits per heavy atom. The van der Waals surface area contributed by atoms with Crippen LogP contribution >= 0.6 is 0 Å². The number of nitro benzene ring substituents is 1. The molecule has 0 aromatic heterocycles. The first-order valence-corrected chi connectivity index (χ1v) is 7.46. The molecule has 3 rings (SSSR count). The Kier molecular flexibility index (Phi) is 2.68. The van der Waals surface area contributed by atoms with Crippen LogP contribution < -0.4 is 5.32 Å². The van der Waals surface area contributed by atoms with Crippen LogP contribution in [0.15, 0.2) is 27.5 Å². The van der Waals surface area contributed by atoms with Crippen molar-refractivity contribution in [3.63, 3.8) is 0 Å². The van der Waals surface area contributed by atoms with Crippen molar-refractivity contribution in [1.82, 2.24) is 4.90 Å². The molecule has 0 saturated heterocycles. The second-order valence-corrected chi connectivity index (χ2v) is 6.37. The molecule has 106 valence electrons. The highest BCUT2D eigenvalue weighted by atomic mass is 32.2. The number of nitrogens with zero attached hydrogens (tertiary/aromatic N) is 3. The lowest BCUT2D eigenvalue weighted by Crippen LogP contribution is -2.37. The largest absolute Gasteiger partial charge is 0.342 e. The van der Waals surface area contributed by atoms with Gasteiger partial charge in [0, 0.05) is 25.2 Å². The number of guanidine groups is 1. The molecule has 1 aromatic carbocycles. The Labute approximate surface area is 115 Å². The molecular formula is C11H12N4O4S. The highest BCUT2D eigenvalue weighted by Gasteiger charge is 2.34. The molecule has 1 aliphatic heterocycles. The highest BCUT2D eigenvalue weighted by Crippen LogP contribution is 2.33. The number of rotatable bonds is 2. The number of nitro groups is 1. The molecule has 1 N–H and O–H groups in total. The highest BCUT2D eigenvalue weighted by molar-refractivity contribution is 7.90. The maximum absolute atomic E-state index is 12.1. The summed E-state index contributed by atoms with van der Waals surface area (Å²) >= 11 is 0. The van der Waals surface area contributed by atoms with Gasteiger partial charge in [0.05, 0.1) is 10.6 Å². The van der Waals surface area contributed by atoms with Crippen LogP contribution in [0.5, 0.6) is 0 Å². The molecule has 9 heteroatoms. The zero-order chi connectivity index (χ0) is 14.5. The zero-order valence-electron chi connectivity index (χ0n) is 10.6. The van der Waals surface area contributed by atoms with Gasteiger partial charge in [0.15, 0.2) is 0 Å². The minimum Gasteiger partial charge on any atom is -0.342 e. The van der Waals surface area contributed by atoms with Crippen molar-refractivity contribution in [3.8, 4) is 0 Å². The van der Waals surface area contributed by atoms with Gasteiger partial charge in [0.25, 0.3) is 15.7 Å². The van der Waals surface area contributed by atoms with Crippen molar-refractivity contribution < 1.29 is 13.3 Å². The third-order valence-electron chi connectivity index (χ3n) is 3.34. The molecule has 0 radical (unpaired) electrons. The summed E-state index contributed by atoms with van der Waals surface area (Å²) < 4.78 is 28.0. The van der Waals surface area contributed by atoms with E-state index in [1.54, 1.807) is 11.9 Å². The molecule has 20 heavy (non-hydrogen) atoms. The van der Waals surface area contributed by atoms with Crippen molar-refractivity contribution in [2.45, 2.75) is 23.8 Å². The lowest BCUT2D eigenvalue weighted by molar-refractivity contribution is -0.385. The van der Waals surface area contributed by atoms with Crippen LogP contribution in [0.4, 0.5) is 11.4 Å². The van der Waals surface area contributed by atoms with E-state index in [0.717, 1.165) is 18.9 Å². The molecule has 1 aromatic rings. The first-order chi connectivity index (χ1) is 9.38. The molecule has 0 spiro atoms. The van der Waals surface area contributed by atoms with Crippen molar-refractivity contribution in [1.29, 1.82) is 0 Å². The lowest BCUT2D eigenvalue weighted by atomic mass is 10.3. The van der Waals surface area contributed by atoms with E-state index in [1.807, 2.05) is 0 Å². The minimum atomic E-state index is -3.92. The molecular weight excluding hydrogens is 284 g/mol. The Morgan fingerprint density at radius 1 is 1.45 bits per heavy atom. The monoisotopic (exact) mass is 296 g/mol. The van der Waals surface area contributed by atoms with Crippen LogP contribution in [0, 0.1) is 10.1 Å². The van der Waals surface area contributed by atoms with Crippen LogP contribution in [-0.2, 0) is 10.0 Å². The number of sulfonamides is 1. The minimum absolute atomic E-state index is 0.167. The molecule has 8 nitrogen and oxygen atoms in total. The maximum Gasteiger partial charge on any atom is 0.287 e. The maximum atomic E-state index is 12.1. The Balaban J connectivity index is 2.04. The van der Waals surface area contributed by atoms with Crippen molar-refractivity contribution >= 4 is 27.4 Å². The van der Waals surface area contributed by atoms with E-state index in [1.165, 1.54) is 12.1 Å². The molecule has 2 aliphatic rings. The van der Waals surface area contributed by atoms with Gasteiger partial charge in [-0.3, -0.25) is 10.1 Å². The van der Waals surface area contributed by atoms with Crippen LogP contribution in [-0.4, -0.2) is 37.3 Å². The van der Waals surface area contributed by atoms with E-state index in [2.05, 4.69) is 9.71 Å². The van der Waals surface area contributed by atoms with Gasteiger partial charge in [-0.25, -0.2) is 0 Å². The van der Waals surface area contributed by atoms with E-state index in [0.29, 0.717) is 11.7 Å². The zero-order valence-corrected chi connectivity index (χ0v) is 11.4. The Morgan fingerprint density at radius 3 is 2.75 bits per heavy atom. The molecule has 0 bridgehead atoms. The molecule has 1 heterocycles. The average Bonchev–Trinajstić information content (AvgIpc) is 3.20. The molecule has 0 atom stereocenters. The first kappa shape index (κ1) is 12.9. The predicted octanol–water partition coefficient (Wildman–Crippen LogP) is 1.16. The molecule has 1 aliphatic carbocycles. The summed E-state index contributed by atoms with van der Waals surface area (Å²) in [6, 6.07) is 3.98. The van der Waals surface area contributed by atoms with Crippen molar-refractivity contribution in [2.24, 2.45) is 4.40 Å². The van der Waals surface area contributed by atoms with Gasteiger partial charge in [0.2, 0.25) is 5.96 Å². The summed E-state index contributed by atoms with van der Waals surface area (Å²) in [7, 11) is -2.15. The predicted molar refractivity (Wildman–Crippen MR) is 72.1 cm³/mol. The van der Waals surface area contributed by atoms with Gasteiger partial charge in [-0.15, -0.1) is 4.40 Å². The summed E-state index contributed by atoms with van der Waals surface area (Å²) in [5.41, 5.74) is 0.0384. The molecule has 1 fully saturated rings. The molecule has 0 unspecified atom stereocenters. The number of hydrogen-bond acceptors (Lipinski definition) is 6. The fourth-order valence-electron chi connectivity index (χ4n) is 2.03. The third kappa shape index (κ3) is 2.09. The quantitative estimate of drug-likeness (QED) is 0.648. The first-order valence-electron chi connectivity index (χ1n) is 6.02. The van der Waals surface area contributed by atoms with E-state index >= 15 is 0 Å². The average molecular weight is 296 g/mol. The fourth-order valence-corrected chi connectivity index (χ4v) is 3.20. The number of nitrogens with one attached hydrogen (secondary N) is 1. The summed E-state index contributed by atoms with van der Waals surface area (Å²) in [5, 5.41) is 13.6. The van der Waals surface area contributed by atoms with Crippen LogP contribution in [0.2, 0.25) is 0 Å². The normalized spacial score (nSPS) is 19.6. The molecule has 0 amide bonds. The number of hydrogen-bond donors (Lipinski definition) is 1. The van der Waals surface area contributed by atoms with Gasteiger partial charge < -0.3 is 10.2 Å². The van der Waals surface area contributed by atoms with E-state index in [4.69, 9.17) is 0 Å². The smallest absolute Gasteiger partial charge is 0.287 e.